The average molecular weight is 386 g/mol. The monoisotopic (exact) mass is 385 g/mol. The molecule has 7 heteroatoms. The Bertz CT molecular complexity index is 794. The first-order chi connectivity index (χ1) is 13.2. The van der Waals surface area contributed by atoms with Crippen molar-refractivity contribution in [3.8, 4) is 0 Å². The summed E-state index contributed by atoms with van der Waals surface area (Å²) in [5, 5.41) is 11.6. The van der Waals surface area contributed by atoms with Crippen LogP contribution >= 0.6 is 11.8 Å². The van der Waals surface area contributed by atoms with Gasteiger partial charge < -0.3 is 20.7 Å². The summed E-state index contributed by atoms with van der Waals surface area (Å²) in [7, 11) is 0. The molecule has 1 aromatic carbocycles. The van der Waals surface area contributed by atoms with E-state index in [1.54, 1.807) is 11.8 Å². The van der Waals surface area contributed by atoms with Crippen LogP contribution in [0.25, 0.3) is 0 Å². The van der Waals surface area contributed by atoms with Gasteiger partial charge >= 0.3 is 0 Å². The fourth-order valence-electron chi connectivity index (χ4n) is 3.75. The highest BCUT2D eigenvalue weighted by Crippen LogP contribution is 2.32. The van der Waals surface area contributed by atoms with Crippen LogP contribution in [-0.2, 0) is 11.3 Å². The highest BCUT2D eigenvalue weighted by atomic mass is 32.2. The standard InChI is InChI=1S/C20H27N5OS/c1-13-4-3-5-16-17(6-8-21-18(13)16)22-10-14-11-23-20(27-2)25-19(14)24-15-7-9-26-12-15/h3-5,11,15,17,21-22H,6-10,12H2,1-2H3,(H,23,24,25)/t15?,17-/m0/s1. The molecule has 1 fully saturated rings. The van der Waals surface area contributed by atoms with E-state index in [2.05, 4.69) is 46.1 Å². The van der Waals surface area contributed by atoms with E-state index >= 15 is 0 Å². The quantitative estimate of drug-likeness (QED) is 0.520. The van der Waals surface area contributed by atoms with Crippen molar-refractivity contribution in [2.24, 2.45) is 0 Å². The lowest BCUT2D eigenvalue weighted by atomic mass is 9.95. The van der Waals surface area contributed by atoms with E-state index in [0.717, 1.165) is 55.7 Å². The zero-order valence-corrected chi connectivity index (χ0v) is 16.7. The molecule has 0 aliphatic carbocycles. The second-order valence-electron chi connectivity index (χ2n) is 7.12. The zero-order chi connectivity index (χ0) is 18.6. The van der Waals surface area contributed by atoms with Gasteiger partial charge in [-0.1, -0.05) is 30.0 Å². The van der Waals surface area contributed by atoms with Crippen LogP contribution in [0.1, 0.15) is 35.6 Å². The minimum atomic E-state index is 0.329. The van der Waals surface area contributed by atoms with Crippen LogP contribution in [0.4, 0.5) is 11.5 Å². The highest BCUT2D eigenvalue weighted by molar-refractivity contribution is 7.98. The first-order valence-electron chi connectivity index (χ1n) is 9.55. The lowest BCUT2D eigenvalue weighted by molar-refractivity contribution is 0.195. The van der Waals surface area contributed by atoms with E-state index in [1.165, 1.54) is 16.8 Å². The maximum Gasteiger partial charge on any atom is 0.189 e. The van der Waals surface area contributed by atoms with Crippen LogP contribution < -0.4 is 16.0 Å². The van der Waals surface area contributed by atoms with E-state index < -0.39 is 0 Å². The zero-order valence-electron chi connectivity index (χ0n) is 15.9. The van der Waals surface area contributed by atoms with Crippen LogP contribution in [0.3, 0.4) is 0 Å². The molecule has 0 saturated carbocycles. The summed E-state index contributed by atoms with van der Waals surface area (Å²) in [4.78, 5) is 9.19. The lowest BCUT2D eigenvalue weighted by Gasteiger charge is -2.29. The molecule has 2 atom stereocenters. The second kappa shape index (κ2) is 8.46. The number of nitrogens with one attached hydrogen (secondary N) is 3. The van der Waals surface area contributed by atoms with Gasteiger partial charge in [-0.3, -0.25) is 0 Å². The molecule has 4 rings (SSSR count). The summed E-state index contributed by atoms with van der Waals surface area (Å²) in [6, 6.07) is 7.18. The maximum absolute atomic E-state index is 5.50. The highest BCUT2D eigenvalue weighted by Gasteiger charge is 2.22. The summed E-state index contributed by atoms with van der Waals surface area (Å²) in [6.07, 6.45) is 6.04. The van der Waals surface area contributed by atoms with Gasteiger partial charge in [-0.05, 0) is 37.1 Å². The van der Waals surface area contributed by atoms with E-state index in [4.69, 9.17) is 9.72 Å². The van der Waals surface area contributed by atoms with E-state index in [9.17, 15) is 0 Å². The van der Waals surface area contributed by atoms with Crippen LogP contribution in [0.5, 0.6) is 0 Å². The smallest absolute Gasteiger partial charge is 0.189 e. The van der Waals surface area contributed by atoms with Crippen molar-refractivity contribution in [1.82, 2.24) is 15.3 Å². The van der Waals surface area contributed by atoms with Gasteiger partial charge in [0.1, 0.15) is 5.82 Å². The molecule has 2 aliphatic rings. The van der Waals surface area contributed by atoms with Gasteiger partial charge in [-0.2, -0.15) is 0 Å². The van der Waals surface area contributed by atoms with Crippen molar-refractivity contribution < 1.29 is 4.74 Å². The van der Waals surface area contributed by atoms with Gasteiger partial charge in [-0.15, -0.1) is 0 Å². The van der Waals surface area contributed by atoms with E-state index in [0.29, 0.717) is 12.1 Å². The van der Waals surface area contributed by atoms with Gasteiger partial charge in [0.15, 0.2) is 5.16 Å². The Morgan fingerprint density at radius 3 is 3.07 bits per heavy atom. The molecule has 27 heavy (non-hydrogen) atoms. The van der Waals surface area contributed by atoms with Gasteiger partial charge in [0.05, 0.1) is 12.6 Å². The van der Waals surface area contributed by atoms with Crippen molar-refractivity contribution in [2.75, 3.05) is 36.6 Å². The van der Waals surface area contributed by atoms with Gasteiger partial charge in [0, 0.05) is 43.2 Å². The molecule has 2 aliphatic heterocycles. The number of hydrogen-bond acceptors (Lipinski definition) is 7. The molecule has 2 aromatic rings. The van der Waals surface area contributed by atoms with Crippen molar-refractivity contribution in [1.29, 1.82) is 0 Å². The largest absolute Gasteiger partial charge is 0.384 e. The van der Waals surface area contributed by atoms with Gasteiger partial charge in [0.25, 0.3) is 0 Å². The Kier molecular flexibility index (Phi) is 5.80. The predicted molar refractivity (Wildman–Crippen MR) is 111 cm³/mol. The first-order valence-corrected chi connectivity index (χ1v) is 10.8. The Balaban J connectivity index is 1.50. The van der Waals surface area contributed by atoms with Crippen molar-refractivity contribution >= 4 is 23.3 Å². The number of benzene rings is 1. The summed E-state index contributed by atoms with van der Waals surface area (Å²) in [6.45, 7) is 5.45. The average Bonchev–Trinajstić information content (AvgIpc) is 3.20. The number of fused-ring (bicyclic) bond motifs is 1. The second-order valence-corrected chi connectivity index (χ2v) is 7.90. The molecule has 0 radical (unpaired) electrons. The van der Waals surface area contributed by atoms with Gasteiger partial charge in [-0.25, -0.2) is 9.97 Å². The number of nitrogens with zero attached hydrogens (tertiary/aromatic N) is 2. The van der Waals surface area contributed by atoms with Crippen molar-refractivity contribution in [3.05, 3.63) is 41.1 Å². The molecule has 0 spiro atoms. The molecule has 3 N–H and O–H groups in total. The first kappa shape index (κ1) is 18.5. The Hall–Kier alpha value is -1.83. The summed E-state index contributed by atoms with van der Waals surface area (Å²) in [5.74, 6) is 0.927. The third-order valence-electron chi connectivity index (χ3n) is 5.25. The van der Waals surface area contributed by atoms with E-state index in [1.807, 2.05) is 12.5 Å². The normalized spacial score (nSPS) is 21.6. The lowest BCUT2D eigenvalue weighted by Crippen LogP contribution is -2.29. The Labute approximate surface area is 164 Å². The third kappa shape index (κ3) is 4.20. The molecule has 1 unspecified atom stereocenters. The minimum absolute atomic E-state index is 0.329. The maximum atomic E-state index is 5.50. The van der Waals surface area contributed by atoms with Crippen LogP contribution in [-0.4, -0.2) is 42.0 Å². The molecular formula is C20H27N5OS. The SMILES string of the molecule is CSc1ncc(CN[C@H]2CCNc3c(C)cccc32)c(NC2CCOC2)n1. The number of thioether (sulfide) groups is 1. The van der Waals surface area contributed by atoms with E-state index in [-0.39, 0.29) is 0 Å². The number of aromatic nitrogens is 2. The number of hydrogen-bond donors (Lipinski definition) is 3. The molecule has 144 valence electrons. The molecule has 0 amide bonds. The summed E-state index contributed by atoms with van der Waals surface area (Å²) < 4.78 is 5.50. The number of para-hydroxylation sites is 1. The number of rotatable bonds is 6. The Morgan fingerprint density at radius 1 is 1.33 bits per heavy atom. The summed E-state index contributed by atoms with van der Waals surface area (Å²) >= 11 is 1.57. The fourth-order valence-corrected chi connectivity index (χ4v) is 4.09. The molecule has 3 heterocycles. The number of ether oxygens (including phenoxy) is 1. The molecular weight excluding hydrogens is 358 g/mol. The summed E-state index contributed by atoms with van der Waals surface area (Å²) in [5.41, 5.74) is 5.03. The predicted octanol–water partition coefficient (Wildman–Crippen LogP) is 3.35. The number of anilines is 2. The van der Waals surface area contributed by atoms with Gasteiger partial charge in [0.2, 0.25) is 0 Å². The molecule has 1 aromatic heterocycles. The third-order valence-corrected chi connectivity index (χ3v) is 5.81. The van der Waals surface area contributed by atoms with Crippen LogP contribution in [0.15, 0.2) is 29.6 Å². The van der Waals surface area contributed by atoms with Crippen LogP contribution in [0, 0.1) is 6.92 Å². The molecule has 0 bridgehead atoms. The number of aryl methyl sites for hydroxylation is 1. The Morgan fingerprint density at radius 2 is 2.26 bits per heavy atom. The fraction of sp³-hybridized carbons (Fsp3) is 0.500. The van der Waals surface area contributed by atoms with Crippen molar-refractivity contribution in [3.63, 3.8) is 0 Å². The topological polar surface area (TPSA) is 71.1 Å². The minimum Gasteiger partial charge on any atom is -0.384 e. The van der Waals surface area contributed by atoms with Crippen molar-refractivity contribution in [2.45, 2.75) is 43.6 Å². The van der Waals surface area contributed by atoms with Crippen LogP contribution in [0.2, 0.25) is 0 Å². The molecule has 1 saturated heterocycles. The molecule has 6 nitrogen and oxygen atoms in total.